The molecule has 2 unspecified atom stereocenters. The molecule has 0 bridgehead atoms. The predicted molar refractivity (Wildman–Crippen MR) is 115 cm³/mol. The highest BCUT2D eigenvalue weighted by atomic mass is 16.5. The summed E-state index contributed by atoms with van der Waals surface area (Å²) in [6.07, 6.45) is 3.44. The Morgan fingerprint density at radius 3 is 2.72 bits per heavy atom. The minimum Gasteiger partial charge on any atom is -0.491 e. The Morgan fingerprint density at radius 2 is 2.00 bits per heavy atom. The Kier molecular flexibility index (Phi) is 7.76. The molecule has 1 saturated heterocycles. The largest absolute Gasteiger partial charge is 0.491 e. The van der Waals surface area contributed by atoms with Crippen molar-refractivity contribution in [2.75, 3.05) is 30.4 Å². The number of carbonyl (C=O) groups is 1. The molecule has 0 aliphatic carbocycles. The van der Waals surface area contributed by atoms with Gasteiger partial charge in [0, 0.05) is 24.0 Å². The molecule has 6 nitrogen and oxygen atoms in total. The molecule has 0 aromatic heterocycles. The van der Waals surface area contributed by atoms with Crippen molar-refractivity contribution in [3.8, 4) is 11.5 Å². The van der Waals surface area contributed by atoms with Gasteiger partial charge in [-0.15, -0.1) is 0 Å². The number of hydrogen-bond donors (Lipinski definition) is 2. The van der Waals surface area contributed by atoms with E-state index in [1.165, 1.54) is 0 Å². The first-order chi connectivity index (χ1) is 14.1. The first kappa shape index (κ1) is 21.0. The van der Waals surface area contributed by atoms with Crippen LogP contribution < -0.4 is 20.1 Å². The van der Waals surface area contributed by atoms with Crippen molar-refractivity contribution in [3.63, 3.8) is 0 Å². The van der Waals surface area contributed by atoms with E-state index in [4.69, 9.17) is 14.2 Å². The summed E-state index contributed by atoms with van der Waals surface area (Å²) in [5.74, 6) is 1.45. The van der Waals surface area contributed by atoms with Gasteiger partial charge in [0.2, 0.25) is 5.91 Å². The smallest absolute Gasteiger partial charge is 0.243 e. The molecule has 6 heteroatoms. The molecule has 2 aromatic rings. The van der Waals surface area contributed by atoms with E-state index in [9.17, 15) is 4.79 Å². The third kappa shape index (κ3) is 6.98. The highest BCUT2D eigenvalue weighted by Gasteiger charge is 2.16. The van der Waals surface area contributed by atoms with Gasteiger partial charge < -0.3 is 24.8 Å². The molecule has 1 aliphatic heterocycles. The molecular weight excluding hydrogens is 368 g/mol. The van der Waals surface area contributed by atoms with E-state index in [0.29, 0.717) is 6.61 Å². The SMILES string of the molecule is CCC(C)Oc1ccc(NC(=O)CNc2cccc(OCC3CCCO3)c2)cc1. The number of carbonyl (C=O) groups excluding carboxylic acids is 1. The second kappa shape index (κ2) is 10.7. The van der Waals surface area contributed by atoms with Gasteiger partial charge in [-0.3, -0.25) is 4.79 Å². The van der Waals surface area contributed by atoms with Crippen LogP contribution in [0.25, 0.3) is 0 Å². The molecule has 2 atom stereocenters. The first-order valence-electron chi connectivity index (χ1n) is 10.3. The molecule has 1 amide bonds. The molecule has 0 spiro atoms. The van der Waals surface area contributed by atoms with Crippen molar-refractivity contribution in [2.45, 2.75) is 45.3 Å². The minimum atomic E-state index is -0.119. The zero-order valence-corrected chi connectivity index (χ0v) is 17.1. The lowest BCUT2D eigenvalue weighted by Crippen LogP contribution is -2.21. The summed E-state index contributed by atoms with van der Waals surface area (Å²) in [6, 6.07) is 15.0. The zero-order valence-electron chi connectivity index (χ0n) is 17.1. The average molecular weight is 399 g/mol. The number of ether oxygens (including phenoxy) is 3. The van der Waals surface area contributed by atoms with Gasteiger partial charge in [0.25, 0.3) is 0 Å². The van der Waals surface area contributed by atoms with Gasteiger partial charge in [-0.05, 0) is 62.6 Å². The highest BCUT2D eigenvalue weighted by Crippen LogP contribution is 2.20. The predicted octanol–water partition coefficient (Wildman–Crippen LogP) is 4.47. The molecule has 1 fully saturated rings. The van der Waals surface area contributed by atoms with E-state index in [2.05, 4.69) is 17.6 Å². The maximum absolute atomic E-state index is 12.2. The van der Waals surface area contributed by atoms with E-state index in [1.54, 1.807) is 0 Å². The van der Waals surface area contributed by atoms with Gasteiger partial charge in [0.1, 0.15) is 18.1 Å². The summed E-state index contributed by atoms with van der Waals surface area (Å²) in [4.78, 5) is 12.2. The van der Waals surface area contributed by atoms with E-state index in [1.807, 2.05) is 55.5 Å². The van der Waals surface area contributed by atoms with Crippen LogP contribution in [0.4, 0.5) is 11.4 Å². The fourth-order valence-electron chi connectivity index (χ4n) is 2.98. The topological polar surface area (TPSA) is 68.8 Å². The fourth-order valence-corrected chi connectivity index (χ4v) is 2.98. The highest BCUT2D eigenvalue weighted by molar-refractivity contribution is 5.93. The molecule has 2 N–H and O–H groups in total. The lowest BCUT2D eigenvalue weighted by molar-refractivity contribution is -0.114. The van der Waals surface area contributed by atoms with Crippen molar-refractivity contribution in [3.05, 3.63) is 48.5 Å². The Hall–Kier alpha value is -2.73. The maximum Gasteiger partial charge on any atom is 0.243 e. The molecule has 1 aliphatic rings. The van der Waals surface area contributed by atoms with Crippen molar-refractivity contribution >= 4 is 17.3 Å². The van der Waals surface area contributed by atoms with Crippen molar-refractivity contribution < 1.29 is 19.0 Å². The maximum atomic E-state index is 12.2. The standard InChI is InChI=1S/C23H30N2O4/c1-3-17(2)29-20-11-9-18(10-12-20)25-23(26)15-24-19-6-4-7-21(14-19)28-16-22-8-5-13-27-22/h4,6-7,9-12,14,17,22,24H,3,5,8,13,15-16H2,1-2H3,(H,25,26). The van der Waals surface area contributed by atoms with Crippen LogP contribution in [0, 0.1) is 0 Å². The Balaban J connectivity index is 1.43. The monoisotopic (exact) mass is 398 g/mol. The van der Waals surface area contributed by atoms with Gasteiger partial charge in [-0.2, -0.15) is 0 Å². The molecule has 0 saturated carbocycles. The lowest BCUT2D eigenvalue weighted by atomic mass is 10.2. The molecule has 29 heavy (non-hydrogen) atoms. The summed E-state index contributed by atoms with van der Waals surface area (Å²) in [5, 5.41) is 6.01. The van der Waals surface area contributed by atoms with Gasteiger partial charge >= 0.3 is 0 Å². The number of rotatable bonds is 10. The number of amides is 1. The fraction of sp³-hybridized carbons (Fsp3) is 0.435. The van der Waals surface area contributed by atoms with E-state index in [-0.39, 0.29) is 24.7 Å². The summed E-state index contributed by atoms with van der Waals surface area (Å²) in [7, 11) is 0. The third-order valence-electron chi connectivity index (χ3n) is 4.80. The quantitative estimate of drug-likeness (QED) is 0.618. The Morgan fingerprint density at radius 1 is 1.17 bits per heavy atom. The van der Waals surface area contributed by atoms with E-state index in [0.717, 1.165) is 48.7 Å². The number of anilines is 2. The van der Waals surface area contributed by atoms with Gasteiger partial charge in [-0.25, -0.2) is 0 Å². The van der Waals surface area contributed by atoms with Crippen molar-refractivity contribution in [1.29, 1.82) is 0 Å². The van der Waals surface area contributed by atoms with Crippen LogP contribution >= 0.6 is 0 Å². The Bertz CT molecular complexity index is 773. The van der Waals surface area contributed by atoms with E-state index < -0.39 is 0 Å². The second-order valence-corrected chi connectivity index (χ2v) is 7.24. The normalized spacial score (nSPS) is 16.8. The molecular formula is C23H30N2O4. The van der Waals surface area contributed by atoms with Crippen LogP contribution in [0.5, 0.6) is 11.5 Å². The van der Waals surface area contributed by atoms with Crippen molar-refractivity contribution in [1.82, 2.24) is 0 Å². The van der Waals surface area contributed by atoms with Crippen LogP contribution in [0.2, 0.25) is 0 Å². The Labute approximate surface area is 172 Å². The lowest BCUT2D eigenvalue weighted by Gasteiger charge is -2.14. The summed E-state index contributed by atoms with van der Waals surface area (Å²) >= 11 is 0. The van der Waals surface area contributed by atoms with E-state index >= 15 is 0 Å². The summed E-state index contributed by atoms with van der Waals surface area (Å²) in [6.45, 7) is 5.65. The van der Waals surface area contributed by atoms with Crippen LogP contribution in [0.1, 0.15) is 33.1 Å². The van der Waals surface area contributed by atoms with Gasteiger partial charge in [0.05, 0.1) is 18.8 Å². The first-order valence-corrected chi connectivity index (χ1v) is 10.3. The van der Waals surface area contributed by atoms with Crippen LogP contribution in [0.15, 0.2) is 48.5 Å². The summed E-state index contributed by atoms with van der Waals surface area (Å²) < 4.78 is 17.1. The van der Waals surface area contributed by atoms with Gasteiger partial charge in [-0.1, -0.05) is 13.0 Å². The summed E-state index contributed by atoms with van der Waals surface area (Å²) in [5.41, 5.74) is 1.57. The molecule has 156 valence electrons. The molecule has 1 heterocycles. The molecule has 3 rings (SSSR count). The number of benzene rings is 2. The molecule has 2 aromatic carbocycles. The number of nitrogens with one attached hydrogen (secondary N) is 2. The zero-order chi connectivity index (χ0) is 20.5. The average Bonchev–Trinajstić information content (AvgIpc) is 3.26. The van der Waals surface area contributed by atoms with Crippen molar-refractivity contribution in [2.24, 2.45) is 0 Å². The molecule has 0 radical (unpaired) electrons. The van der Waals surface area contributed by atoms with Crippen LogP contribution in [0.3, 0.4) is 0 Å². The van der Waals surface area contributed by atoms with Gasteiger partial charge in [0.15, 0.2) is 0 Å². The van der Waals surface area contributed by atoms with Crippen LogP contribution in [-0.4, -0.2) is 37.9 Å². The third-order valence-corrected chi connectivity index (χ3v) is 4.80. The minimum absolute atomic E-state index is 0.119. The number of hydrogen-bond acceptors (Lipinski definition) is 5. The van der Waals surface area contributed by atoms with Crippen LogP contribution in [-0.2, 0) is 9.53 Å². The second-order valence-electron chi connectivity index (χ2n) is 7.24.